The van der Waals surface area contributed by atoms with Crippen molar-refractivity contribution in [3.8, 4) is 67.3 Å². The zero-order valence-electron chi connectivity index (χ0n) is 28.8. The second kappa shape index (κ2) is 13.1. The van der Waals surface area contributed by atoms with Gasteiger partial charge in [-0.3, -0.25) is 0 Å². The summed E-state index contributed by atoms with van der Waals surface area (Å²) in [6, 6.07) is 69.3. The summed E-state index contributed by atoms with van der Waals surface area (Å²) in [6.45, 7) is 0. The van der Waals surface area contributed by atoms with E-state index in [1.807, 2.05) is 17.4 Å². The van der Waals surface area contributed by atoms with E-state index < -0.39 is 0 Å². The van der Waals surface area contributed by atoms with Gasteiger partial charge in [0.15, 0.2) is 5.82 Å². The standard InChI is InChI=1S/C50H32N2S/c1-3-13-33(14-4-1)37-19-11-20-38(27-37)40-29-41(43-22-12-23-45-44-21-9-10-24-48(44)53-49(43)45)31-42(30-40)47-32-46(35-16-5-2-6-17-35)51-50(52-47)39-26-25-34-15-7-8-18-36(34)28-39/h1-32H. The van der Waals surface area contributed by atoms with Crippen LogP contribution in [0.1, 0.15) is 0 Å². The first-order valence-corrected chi connectivity index (χ1v) is 18.7. The Balaban J connectivity index is 1.21. The number of thiophene rings is 1. The number of hydrogen-bond donors (Lipinski definition) is 0. The van der Waals surface area contributed by atoms with Crippen LogP contribution in [0, 0.1) is 0 Å². The Morgan fingerprint density at radius 3 is 1.74 bits per heavy atom. The Morgan fingerprint density at radius 2 is 0.906 bits per heavy atom. The van der Waals surface area contributed by atoms with Crippen LogP contribution in [-0.2, 0) is 0 Å². The van der Waals surface area contributed by atoms with Gasteiger partial charge in [0.2, 0.25) is 0 Å². The first-order valence-electron chi connectivity index (χ1n) is 17.9. The van der Waals surface area contributed by atoms with E-state index in [0.717, 1.165) is 44.8 Å². The van der Waals surface area contributed by atoms with Crippen molar-refractivity contribution in [2.75, 3.05) is 0 Å². The second-order valence-electron chi connectivity index (χ2n) is 13.4. The third-order valence-electron chi connectivity index (χ3n) is 10.1. The fourth-order valence-corrected chi connectivity index (χ4v) is 8.63. The van der Waals surface area contributed by atoms with Crippen molar-refractivity contribution in [1.82, 2.24) is 9.97 Å². The molecule has 0 saturated heterocycles. The zero-order valence-corrected chi connectivity index (χ0v) is 29.6. The molecule has 0 spiro atoms. The van der Waals surface area contributed by atoms with Gasteiger partial charge in [-0.25, -0.2) is 9.97 Å². The van der Waals surface area contributed by atoms with Gasteiger partial charge in [0.1, 0.15) is 0 Å². The lowest BCUT2D eigenvalue weighted by molar-refractivity contribution is 1.18. The largest absolute Gasteiger partial charge is 0.228 e. The van der Waals surface area contributed by atoms with E-state index in [1.54, 1.807) is 0 Å². The van der Waals surface area contributed by atoms with E-state index in [4.69, 9.17) is 9.97 Å². The van der Waals surface area contributed by atoms with Crippen LogP contribution in [-0.4, -0.2) is 9.97 Å². The average molecular weight is 693 g/mol. The Morgan fingerprint density at radius 1 is 0.321 bits per heavy atom. The van der Waals surface area contributed by atoms with Gasteiger partial charge in [0.25, 0.3) is 0 Å². The van der Waals surface area contributed by atoms with Crippen LogP contribution in [0.5, 0.6) is 0 Å². The van der Waals surface area contributed by atoms with Gasteiger partial charge in [-0.1, -0.05) is 152 Å². The van der Waals surface area contributed by atoms with Gasteiger partial charge < -0.3 is 0 Å². The van der Waals surface area contributed by atoms with Crippen LogP contribution < -0.4 is 0 Å². The van der Waals surface area contributed by atoms with Crippen LogP contribution in [0.4, 0.5) is 0 Å². The van der Waals surface area contributed by atoms with Crippen LogP contribution >= 0.6 is 11.3 Å². The van der Waals surface area contributed by atoms with Crippen LogP contribution in [0.3, 0.4) is 0 Å². The predicted octanol–water partition coefficient (Wildman–Crippen LogP) is 14.0. The molecule has 0 aliphatic heterocycles. The molecule has 0 fully saturated rings. The van der Waals surface area contributed by atoms with E-state index in [9.17, 15) is 0 Å². The van der Waals surface area contributed by atoms with Gasteiger partial charge in [-0.2, -0.15) is 0 Å². The maximum absolute atomic E-state index is 5.33. The first kappa shape index (κ1) is 31.1. The number of rotatable bonds is 6. The van der Waals surface area contributed by atoms with Crippen molar-refractivity contribution >= 4 is 42.3 Å². The molecule has 0 aliphatic rings. The maximum Gasteiger partial charge on any atom is 0.160 e. The topological polar surface area (TPSA) is 25.8 Å². The van der Waals surface area contributed by atoms with Crippen LogP contribution in [0.15, 0.2) is 194 Å². The van der Waals surface area contributed by atoms with E-state index in [-0.39, 0.29) is 0 Å². The number of benzene rings is 8. The lowest BCUT2D eigenvalue weighted by Gasteiger charge is -2.14. The van der Waals surface area contributed by atoms with Crippen molar-refractivity contribution in [2.24, 2.45) is 0 Å². The number of nitrogens with zero attached hydrogens (tertiary/aromatic N) is 2. The highest BCUT2D eigenvalue weighted by molar-refractivity contribution is 7.26. The van der Waals surface area contributed by atoms with E-state index in [2.05, 4.69) is 188 Å². The molecular formula is C50H32N2S. The minimum absolute atomic E-state index is 0.705. The van der Waals surface area contributed by atoms with E-state index in [1.165, 1.54) is 47.6 Å². The Bertz CT molecular complexity index is 2950. The third-order valence-corrected chi connectivity index (χ3v) is 11.3. The van der Waals surface area contributed by atoms with Gasteiger partial charge >= 0.3 is 0 Å². The summed E-state index contributed by atoms with van der Waals surface area (Å²) in [5.74, 6) is 0.705. The Hall–Kier alpha value is -6.68. The summed E-state index contributed by atoms with van der Waals surface area (Å²) < 4.78 is 2.59. The molecule has 2 aromatic heterocycles. The van der Waals surface area contributed by atoms with Gasteiger partial charge in [-0.05, 0) is 86.6 Å². The summed E-state index contributed by atoms with van der Waals surface area (Å²) in [6.07, 6.45) is 0. The summed E-state index contributed by atoms with van der Waals surface area (Å²) in [5.41, 5.74) is 11.9. The third kappa shape index (κ3) is 5.87. The van der Waals surface area contributed by atoms with Gasteiger partial charge in [0.05, 0.1) is 11.4 Å². The molecule has 3 heteroatoms. The lowest BCUT2D eigenvalue weighted by Crippen LogP contribution is -1.97. The fraction of sp³-hybridized carbons (Fsp3) is 0. The fourth-order valence-electron chi connectivity index (χ4n) is 7.39. The summed E-state index contributed by atoms with van der Waals surface area (Å²) in [7, 11) is 0. The molecular weight excluding hydrogens is 661 g/mol. The molecule has 0 bridgehead atoms. The van der Waals surface area contributed by atoms with Crippen LogP contribution in [0.25, 0.3) is 98.2 Å². The SMILES string of the molecule is c1ccc(-c2cccc(-c3cc(-c4cc(-c5ccccc5)nc(-c5ccc6ccccc6c5)n4)cc(-c4cccc5c4sc4ccccc45)c3)c2)cc1. The van der Waals surface area contributed by atoms with Gasteiger partial charge in [0, 0.05) is 36.9 Å². The van der Waals surface area contributed by atoms with E-state index in [0.29, 0.717) is 5.82 Å². The highest BCUT2D eigenvalue weighted by Crippen LogP contribution is 2.42. The second-order valence-corrected chi connectivity index (χ2v) is 14.5. The molecule has 0 atom stereocenters. The summed E-state index contributed by atoms with van der Waals surface area (Å²) in [4.78, 5) is 10.5. The predicted molar refractivity (Wildman–Crippen MR) is 225 cm³/mol. The minimum Gasteiger partial charge on any atom is -0.228 e. The van der Waals surface area contributed by atoms with Gasteiger partial charge in [-0.15, -0.1) is 11.3 Å². The molecule has 0 amide bonds. The highest BCUT2D eigenvalue weighted by atomic mass is 32.1. The Kier molecular flexibility index (Phi) is 7.71. The quantitative estimate of drug-likeness (QED) is 0.173. The molecule has 0 aliphatic carbocycles. The monoisotopic (exact) mass is 692 g/mol. The molecule has 10 rings (SSSR count). The molecule has 248 valence electrons. The average Bonchev–Trinajstić information content (AvgIpc) is 3.63. The van der Waals surface area contributed by atoms with Crippen molar-refractivity contribution < 1.29 is 0 Å². The molecule has 2 heterocycles. The summed E-state index contributed by atoms with van der Waals surface area (Å²) in [5, 5.41) is 4.94. The normalized spacial score (nSPS) is 11.4. The maximum atomic E-state index is 5.33. The smallest absolute Gasteiger partial charge is 0.160 e. The highest BCUT2D eigenvalue weighted by Gasteiger charge is 2.16. The molecule has 8 aromatic carbocycles. The van der Waals surface area contributed by atoms with Crippen molar-refractivity contribution in [3.63, 3.8) is 0 Å². The molecule has 10 aromatic rings. The number of aromatic nitrogens is 2. The minimum atomic E-state index is 0.705. The first-order chi connectivity index (χ1) is 26.2. The lowest BCUT2D eigenvalue weighted by atomic mass is 9.92. The van der Waals surface area contributed by atoms with Crippen molar-refractivity contribution in [3.05, 3.63) is 194 Å². The number of fused-ring (bicyclic) bond motifs is 4. The Labute approximate surface area is 312 Å². The van der Waals surface area contributed by atoms with E-state index >= 15 is 0 Å². The van der Waals surface area contributed by atoms with Crippen LogP contribution in [0.2, 0.25) is 0 Å². The molecule has 53 heavy (non-hydrogen) atoms. The molecule has 0 saturated carbocycles. The number of hydrogen-bond acceptors (Lipinski definition) is 3. The molecule has 0 N–H and O–H groups in total. The van der Waals surface area contributed by atoms with Crippen molar-refractivity contribution in [1.29, 1.82) is 0 Å². The zero-order chi connectivity index (χ0) is 35.1. The molecule has 2 nitrogen and oxygen atoms in total. The summed E-state index contributed by atoms with van der Waals surface area (Å²) >= 11 is 1.86. The van der Waals surface area contributed by atoms with Crippen molar-refractivity contribution in [2.45, 2.75) is 0 Å². The molecule has 0 unspecified atom stereocenters. The molecule has 0 radical (unpaired) electrons.